The minimum atomic E-state index is -0.155. The molecule has 3 fully saturated rings. The van der Waals surface area contributed by atoms with Crippen molar-refractivity contribution in [3.05, 3.63) is 11.6 Å². The van der Waals surface area contributed by atoms with E-state index in [1.54, 1.807) is 0 Å². The Hall–Kier alpha value is -1.32. The summed E-state index contributed by atoms with van der Waals surface area (Å²) in [7, 11) is 1.52. The van der Waals surface area contributed by atoms with Gasteiger partial charge in [0.25, 0.3) is 0 Å². The lowest BCUT2D eigenvalue weighted by Gasteiger charge is -2.58. The van der Waals surface area contributed by atoms with Crippen LogP contribution in [0.3, 0.4) is 0 Å². The highest BCUT2D eigenvalue weighted by Gasteiger charge is 2.59. The summed E-state index contributed by atoms with van der Waals surface area (Å²) in [5, 5.41) is 0. The zero-order valence-electron chi connectivity index (χ0n) is 18.8. The number of hydrogen-bond acceptors (Lipinski definition) is 4. The molecule has 0 aromatic carbocycles. The first kappa shape index (κ1) is 20.9. The Balaban J connectivity index is 1.56. The van der Waals surface area contributed by atoms with Crippen molar-refractivity contribution in [3.63, 3.8) is 0 Å². The molecule has 4 rings (SSSR count). The van der Waals surface area contributed by atoms with Gasteiger partial charge in [0, 0.05) is 13.3 Å². The molecule has 0 bridgehead atoms. The Kier molecular flexibility index (Phi) is 5.36. The summed E-state index contributed by atoms with van der Waals surface area (Å²) in [5.74, 6) is 2.40. The van der Waals surface area contributed by atoms with E-state index in [4.69, 9.17) is 9.47 Å². The van der Waals surface area contributed by atoms with E-state index in [0.29, 0.717) is 11.8 Å². The van der Waals surface area contributed by atoms with Crippen LogP contribution in [0.1, 0.15) is 79.1 Å². The standard InChI is InChI=1S/C25H38O4/c1-15(23(27)28-5)20-8-9-21-19-7-6-17-14-18(29-16(2)26)10-12-24(17,3)22(19)11-13-25(20,21)4/h6,15,18-22H,7-14H2,1-5H3/t15-,18-,19?,20+,21?,22?,24-,25+/m0/s1. The molecule has 0 spiro atoms. The van der Waals surface area contributed by atoms with Crippen LogP contribution in [0.15, 0.2) is 11.6 Å². The van der Waals surface area contributed by atoms with Crippen LogP contribution in [-0.2, 0) is 19.1 Å². The molecule has 3 unspecified atom stereocenters. The second kappa shape index (κ2) is 7.42. The number of carbonyl (C=O) groups is 2. The summed E-state index contributed by atoms with van der Waals surface area (Å²) in [6.07, 6.45) is 11.6. The lowest BCUT2D eigenvalue weighted by Crippen LogP contribution is -2.51. The molecule has 0 heterocycles. The second-order valence-electron chi connectivity index (χ2n) is 10.8. The van der Waals surface area contributed by atoms with E-state index in [2.05, 4.69) is 26.8 Å². The van der Waals surface area contributed by atoms with Crippen molar-refractivity contribution in [3.8, 4) is 0 Å². The Morgan fingerprint density at radius 3 is 2.55 bits per heavy atom. The summed E-state index contributed by atoms with van der Waals surface area (Å²) in [4.78, 5) is 23.7. The molecule has 8 atom stereocenters. The molecular weight excluding hydrogens is 364 g/mol. The van der Waals surface area contributed by atoms with E-state index < -0.39 is 0 Å². The number of fused-ring (bicyclic) bond motifs is 5. The topological polar surface area (TPSA) is 52.6 Å². The molecule has 0 aromatic heterocycles. The van der Waals surface area contributed by atoms with Gasteiger partial charge in [-0.15, -0.1) is 0 Å². The van der Waals surface area contributed by atoms with Crippen molar-refractivity contribution in [2.75, 3.05) is 7.11 Å². The average molecular weight is 403 g/mol. The Bertz CT molecular complexity index is 712. The Morgan fingerprint density at radius 1 is 1.10 bits per heavy atom. The molecule has 4 heteroatoms. The van der Waals surface area contributed by atoms with E-state index in [1.807, 2.05) is 0 Å². The van der Waals surface area contributed by atoms with E-state index in [0.717, 1.165) is 43.9 Å². The minimum absolute atomic E-state index is 0.00370. The van der Waals surface area contributed by atoms with Gasteiger partial charge < -0.3 is 9.47 Å². The highest BCUT2D eigenvalue weighted by Crippen LogP contribution is 2.67. The normalized spacial score (nSPS) is 44.6. The third-order valence-corrected chi connectivity index (χ3v) is 9.64. The van der Waals surface area contributed by atoms with Gasteiger partial charge >= 0.3 is 11.9 Å². The lowest BCUT2D eigenvalue weighted by molar-refractivity contribution is -0.150. The van der Waals surface area contributed by atoms with Gasteiger partial charge in [-0.1, -0.05) is 32.4 Å². The largest absolute Gasteiger partial charge is 0.469 e. The second-order valence-corrected chi connectivity index (χ2v) is 10.8. The van der Waals surface area contributed by atoms with Crippen LogP contribution in [0.5, 0.6) is 0 Å². The number of carbonyl (C=O) groups excluding carboxylic acids is 2. The molecule has 3 saturated carbocycles. The first-order valence-corrected chi connectivity index (χ1v) is 11.6. The highest BCUT2D eigenvalue weighted by atomic mass is 16.5. The minimum Gasteiger partial charge on any atom is -0.469 e. The molecule has 4 nitrogen and oxygen atoms in total. The number of rotatable bonds is 3. The molecule has 29 heavy (non-hydrogen) atoms. The molecule has 0 N–H and O–H groups in total. The molecule has 0 amide bonds. The van der Waals surface area contributed by atoms with Gasteiger partial charge in [-0.25, -0.2) is 0 Å². The molecule has 0 saturated heterocycles. The number of esters is 2. The van der Waals surface area contributed by atoms with Gasteiger partial charge in [0.2, 0.25) is 0 Å². The molecule has 0 aliphatic heterocycles. The fraction of sp³-hybridized carbons (Fsp3) is 0.840. The van der Waals surface area contributed by atoms with Gasteiger partial charge in [0.05, 0.1) is 13.0 Å². The van der Waals surface area contributed by atoms with Crippen LogP contribution < -0.4 is 0 Å². The van der Waals surface area contributed by atoms with Crippen molar-refractivity contribution in [1.82, 2.24) is 0 Å². The van der Waals surface area contributed by atoms with Crippen LogP contribution in [0, 0.1) is 40.4 Å². The third-order valence-electron chi connectivity index (χ3n) is 9.64. The number of allylic oxidation sites excluding steroid dienone is 1. The molecule has 4 aliphatic rings. The summed E-state index contributed by atoms with van der Waals surface area (Å²) in [6.45, 7) is 8.54. The quantitative estimate of drug-likeness (QED) is 0.474. The Morgan fingerprint density at radius 2 is 1.86 bits per heavy atom. The fourth-order valence-electron chi connectivity index (χ4n) is 8.17. The van der Waals surface area contributed by atoms with E-state index in [-0.39, 0.29) is 34.8 Å². The zero-order chi connectivity index (χ0) is 21.0. The maximum absolute atomic E-state index is 12.3. The molecule has 0 radical (unpaired) electrons. The SMILES string of the molecule is COC(=O)[C@@H](C)[C@H]1CCC2C3CC=C4C[C@@H](OC(C)=O)CC[C@]4(C)C3CC[C@@]21C. The summed E-state index contributed by atoms with van der Waals surface area (Å²) in [6, 6.07) is 0. The number of ether oxygens (including phenoxy) is 2. The van der Waals surface area contributed by atoms with Gasteiger partial charge in [-0.05, 0) is 79.4 Å². The van der Waals surface area contributed by atoms with Crippen LogP contribution in [0.25, 0.3) is 0 Å². The van der Waals surface area contributed by atoms with Gasteiger partial charge in [0.15, 0.2) is 0 Å². The number of methoxy groups -OCH3 is 1. The molecule has 0 aromatic rings. The smallest absolute Gasteiger partial charge is 0.308 e. The van der Waals surface area contributed by atoms with E-state index in [1.165, 1.54) is 38.9 Å². The van der Waals surface area contributed by atoms with E-state index in [9.17, 15) is 9.59 Å². The lowest BCUT2D eigenvalue weighted by atomic mass is 9.47. The first-order valence-electron chi connectivity index (χ1n) is 11.6. The van der Waals surface area contributed by atoms with Crippen molar-refractivity contribution >= 4 is 11.9 Å². The highest BCUT2D eigenvalue weighted by molar-refractivity contribution is 5.72. The van der Waals surface area contributed by atoms with Gasteiger partial charge in [-0.2, -0.15) is 0 Å². The van der Waals surface area contributed by atoms with Crippen molar-refractivity contribution in [2.24, 2.45) is 40.4 Å². The third kappa shape index (κ3) is 3.25. The van der Waals surface area contributed by atoms with Crippen LogP contribution in [0.2, 0.25) is 0 Å². The molecular formula is C25H38O4. The van der Waals surface area contributed by atoms with Gasteiger partial charge in [-0.3, -0.25) is 9.59 Å². The predicted molar refractivity (Wildman–Crippen MR) is 112 cm³/mol. The summed E-state index contributed by atoms with van der Waals surface area (Å²) < 4.78 is 10.7. The predicted octanol–water partition coefficient (Wildman–Crippen LogP) is 5.31. The van der Waals surface area contributed by atoms with Crippen LogP contribution in [0.4, 0.5) is 0 Å². The van der Waals surface area contributed by atoms with Crippen molar-refractivity contribution < 1.29 is 19.1 Å². The van der Waals surface area contributed by atoms with Crippen LogP contribution in [-0.4, -0.2) is 25.2 Å². The molecule has 162 valence electrons. The van der Waals surface area contributed by atoms with Crippen molar-refractivity contribution in [1.29, 1.82) is 0 Å². The Labute approximate surface area is 175 Å². The zero-order valence-corrected chi connectivity index (χ0v) is 18.8. The first-order chi connectivity index (χ1) is 13.7. The van der Waals surface area contributed by atoms with E-state index >= 15 is 0 Å². The molecule has 4 aliphatic carbocycles. The maximum atomic E-state index is 12.3. The summed E-state index contributed by atoms with van der Waals surface area (Å²) >= 11 is 0. The maximum Gasteiger partial charge on any atom is 0.308 e. The fourth-order valence-corrected chi connectivity index (χ4v) is 8.17. The summed E-state index contributed by atoms with van der Waals surface area (Å²) in [5.41, 5.74) is 2.05. The van der Waals surface area contributed by atoms with Crippen molar-refractivity contribution in [2.45, 2.75) is 85.2 Å². The average Bonchev–Trinajstić information content (AvgIpc) is 3.03. The van der Waals surface area contributed by atoms with Gasteiger partial charge in [0.1, 0.15) is 6.10 Å². The monoisotopic (exact) mass is 402 g/mol. The van der Waals surface area contributed by atoms with Crippen LogP contribution >= 0.6 is 0 Å². The number of hydrogen-bond donors (Lipinski definition) is 0.